The Morgan fingerprint density at radius 3 is 2.44 bits per heavy atom. The molecule has 3 aromatic rings. The second kappa shape index (κ2) is 15.1. The molecule has 2 atom stereocenters. The molecular weight excluding hydrogens is 581 g/mol. The molecule has 0 bridgehead atoms. The Morgan fingerprint density at radius 1 is 1.00 bits per heavy atom. The number of hydrogen-bond donors (Lipinski definition) is 1. The molecule has 3 aromatic carbocycles. The first-order chi connectivity index (χ1) is 21.7. The number of carbonyl (C=O) groups excluding carboxylic acids is 3. The minimum absolute atomic E-state index is 0.0254. The number of ether oxygens (including phenoxy) is 4. The number of methoxy groups -OCH3 is 2. The van der Waals surface area contributed by atoms with Crippen molar-refractivity contribution in [1.29, 1.82) is 0 Å². The molecule has 1 aliphatic heterocycles. The molecule has 1 heterocycles. The van der Waals surface area contributed by atoms with Gasteiger partial charge in [0.15, 0.2) is 23.0 Å². The van der Waals surface area contributed by atoms with Crippen LogP contribution in [0.5, 0.6) is 23.0 Å². The fraction of sp³-hybridized carbons (Fsp3) is 0.324. The van der Waals surface area contributed by atoms with E-state index < -0.39 is 29.7 Å². The van der Waals surface area contributed by atoms with Crippen LogP contribution >= 0.6 is 0 Å². The molecular formula is C34H38FN3O7. The van der Waals surface area contributed by atoms with Crippen LogP contribution in [0.3, 0.4) is 0 Å². The maximum absolute atomic E-state index is 14.1. The van der Waals surface area contributed by atoms with Gasteiger partial charge in [0, 0.05) is 19.2 Å². The van der Waals surface area contributed by atoms with Gasteiger partial charge in [0.2, 0.25) is 11.8 Å². The summed E-state index contributed by atoms with van der Waals surface area (Å²) in [7, 11) is 4.68. The van der Waals surface area contributed by atoms with Crippen molar-refractivity contribution in [3.63, 3.8) is 0 Å². The van der Waals surface area contributed by atoms with E-state index in [0.717, 1.165) is 11.6 Å². The normalized spacial score (nSPS) is 16.2. The van der Waals surface area contributed by atoms with Gasteiger partial charge in [-0.15, -0.1) is 0 Å². The number of hydrogen-bond acceptors (Lipinski definition) is 7. The number of rotatable bonds is 13. The van der Waals surface area contributed by atoms with E-state index in [2.05, 4.69) is 11.9 Å². The Balaban J connectivity index is 1.70. The van der Waals surface area contributed by atoms with Gasteiger partial charge < -0.3 is 34.1 Å². The van der Waals surface area contributed by atoms with Crippen LogP contribution in [0, 0.1) is 5.82 Å². The van der Waals surface area contributed by atoms with Crippen molar-refractivity contribution in [3.8, 4) is 23.0 Å². The average Bonchev–Trinajstić information content (AvgIpc) is 3.04. The highest BCUT2D eigenvalue weighted by atomic mass is 19.1. The van der Waals surface area contributed by atoms with E-state index in [9.17, 15) is 18.8 Å². The van der Waals surface area contributed by atoms with E-state index in [-0.39, 0.29) is 31.2 Å². The van der Waals surface area contributed by atoms with E-state index in [1.54, 1.807) is 51.6 Å². The average molecular weight is 620 g/mol. The van der Waals surface area contributed by atoms with E-state index in [1.165, 1.54) is 28.0 Å². The first-order valence-corrected chi connectivity index (χ1v) is 14.5. The van der Waals surface area contributed by atoms with E-state index in [1.807, 2.05) is 19.1 Å². The maximum atomic E-state index is 14.1. The molecule has 4 rings (SSSR count). The van der Waals surface area contributed by atoms with Crippen LogP contribution in [0.25, 0.3) is 0 Å². The molecule has 3 amide bonds. The van der Waals surface area contributed by atoms with Crippen LogP contribution in [0.15, 0.2) is 73.3 Å². The number of benzene rings is 3. The molecule has 0 radical (unpaired) electrons. The standard InChI is InChI=1S/C34H38FN3O7/c1-6-17-45-27-14-12-23(20-29(27)44-7-2)31-32(33(40)36-16-15-22-11-13-26(42-4)28(18-22)43-5)38(21-30(39)37(31)3)34(41)24-9-8-10-25(35)19-24/h6,8-14,18-20,31-32H,1,7,15-17,21H2,2-5H3,(H,36,40)/t31-,32+/m0/s1. The number of nitrogens with zero attached hydrogens (tertiary/aromatic N) is 2. The molecule has 1 saturated heterocycles. The summed E-state index contributed by atoms with van der Waals surface area (Å²) in [6.45, 7) is 5.97. The topological polar surface area (TPSA) is 107 Å². The summed E-state index contributed by atoms with van der Waals surface area (Å²) in [4.78, 5) is 43.8. The quantitative estimate of drug-likeness (QED) is 0.286. The summed E-state index contributed by atoms with van der Waals surface area (Å²) in [5.41, 5.74) is 1.47. The molecule has 0 aliphatic carbocycles. The SMILES string of the molecule is C=CCOc1ccc([C@H]2[C@H](C(=O)NCCc3ccc(OC)c(OC)c3)N(C(=O)c3cccc(F)c3)CC(=O)N2C)cc1OCC. The lowest BCUT2D eigenvalue weighted by molar-refractivity contribution is -0.145. The summed E-state index contributed by atoms with van der Waals surface area (Å²) in [5.74, 6) is -0.0817. The molecule has 0 spiro atoms. The zero-order valence-electron chi connectivity index (χ0n) is 25.9. The fourth-order valence-electron chi connectivity index (χ4n) is 5.28. The van der Waals surface area contributed by atoms with E-state index >= 15 is 0 Å². The summed E-state index contributed by atoms with van der Waals surface area (Å²) < 4.78 is 36.4. The van der Waals surface area contributed by atoms with Gasteiger partial charge in [0.25, 0.3) is 5.91 Å². The Kier molecular flexibility index (Phi) is 11.0. The largest absolute Gasteiger partial charge is 0.493 e. The molecule has 45 heavy (non-hydrogen) atoms. The van der Waals surface area contributed by atoms with Crippen molar-refractivity contribution in [2.24, 2.45) is 0 Å². The third-order valence-corrected chi connectivity index (χ3v) is 7.48. The zero-order valence-corrected chi connectivity index (χ0v) is 25.9. The molecule has 0 unspecified atom stereocenters. The highest BCUT2D eigenvalue weighted by molar-refractivity contribution is 6.01. The highest BCUT2D eigenvalue weighted by Gasteiger charge is 2.46. The lowest BCUT2D eigenvalue weighted by Gasteiger charge is -2.45. The van der Waals surface area contributed by atoms with E-state index in [4.69, 9.17) is 18.9 Å². The summed E-state index contributed by atoms with van der Waals surface area (Å²) in [6.07, 6.45) is 2.06. The van der Waals surface area contributed by atoms with E-state index in [0.29, 0.717) is 41.6 Å². The number of halogens is 1. The third-order valence-electron chi connectivity index (χ3n) is 7.48. The predicted molar refractivity (Wildman–Crippen MR) is 166 cm³/mol. The molecule has 238 valence electrons. The van der Waals surface area contributed by atoms with Crippen LogP contribution in [-0.4, -0.2) is 81.1 Å². The van der Waals surface area contributed by atoms with Gasteiger partial charge in [-0.1, -0.05) is 30.9 Å². The first-order valence-electron chi connectivity index (χ1n) is 14.5. The van der Waals surface area contributed by atoms with Gasteiger partial charge in [-0.25, -0.2) is 4.39 Å². The van der Waals surface area contributed by atoms with Crippen LogP contribution < -0.4 is 24.3 Å². The second-order valence-corrected chi connectivity index (χ2v) is 10.3. The van der Waals surface area contributed by atoms with Crippen molar-refractivity contribution < 1.29 is 37.7 Å². The summed E-state index contributed by atoms with van der Waals surface area (Å²) >= 11 is 0. The lowest BCUT2D eigenvalue weighted by atomic mass is 9.92. The van der Waals surface area contributed by atoms with Gasteiger partial charge in [0.1, 0.15) is 25.0 Å². The molecule has 10 nitrogen and oxygen atoms in total. The summed E-state index contributed by atoms with van der Waals surface area (Å²) in [6, 6.07) is 13.7. The van der Waals surface area contributed by atoms with Gasteiger partial charge in [-0.2, -0.15) is 0 Å². The van der Waals surface area contributed by atoms with Gasteiger partial charge in [0.05, 0.1) is 26.9 Å². The zero-order chi connectivity index (χ0) is 32.5. The number of amides is 3. The lowest BCUT2D eigenvalue weighted by Crippen LogP contribution is -2.63. The van der Waals surface area contributed by atoms with Crippen molar-refractivity contribution in [2.75, 3.05) is 47.6 Å². The molecule has 11 heteroatoms. The van der Waals surface area contributed by atoms with Gasteiger partial charge >= 0.3 is 0 Å². The van der Waals surface area contributed by atoms with Gasteiger partial charge in [-0.05, 0) is 66.9 Å². The van der Waals surface area contributed by atoms with Crippen LogP contribution in [0.2, 0.25) is 0 Å². The monoisotopic (exact) mass is 619 g/mol. The molecule has 0 saturated carbocycles. The molecule has 1 fully saturated rings. The first kappa shape index (κ1) is 32.8. The molecule has 0 aromatic heterocycles. The van der Waals surface area contributed by atoms with Crippen molar-refractivity contribution in [2.45, 2.75) is 25.4 Å². The Morgan fingerprint density at radius 2 is 1.76 bits per heavy atom. The molecule has 1 N–H and O–H groups in total. The predicted octanol–water partition coefficient (Wildman–Crippen LogP) is 4.19. The number of likely N-dealkylation sites (N-methyl/N-ethyl adjacent to an activating group) is 1. The van der Waals surface area contributed by atoms with Gasteiger partial charge in [-0.3, -0.25) is 14.4 Å². The van der Waals surface area contributed by atoms with Crippen molar-refractivity contribution in [1.82, 2.24) is 15.1 Å². The van der Waals surface area contributed by atoms with Crippen molar-refractivity contribution >= 4 is 17.7 Å². The van der Waals surface area contributed by atoms with Crippen LogP contribution in [-0.2, 0) is 16.0 Å². The minimum atomic E-state index is -1.15. The number of piperazine rings is 1. The third kappa shape index (κ3) is 7.54. The van der Waals surface area contributed by atoms with Crippen LogP contribution in [0.1, 0.15) is 34.5 Å². The second-order valence-electron chi connectivity index (χ2n) is 10.3. The number of nitrogens with one attached hydrogen (secondary N) is 1. The smallest absolute Gasteiger partial charge is 0.255 e. The Bertz CT molecular complexity index is 1550. The number of carbonyl (C=O) groups is 3. The maximum Gasteiger partial charge on any atom is 0.255 e. The Hall–Kier alpha value is -5.06. The highest BCUT2D eigenvalue weighted by Crippen LogP contribution is 2.37. The van der Waals surface area contributed by atoms with Crippen LogP contribution in [0.4, 0.5) is 4.39 Å². The molecule has 1 aliphatic rings. The summed E-state index contributed by atoms with van der Waals surface area (Å²) in [5, 5.41) is 2.94. The Labute approximate surface area is 262 Å². The van der Waals surface area contributed by atoms with Crippen molar-refractivity contribution in [3.05, 3.63) is 95.8 Å². The fourth-order valence-corrected chi connectivity index (χ4v) is 5.28. The minimum Gasteiger partial charge on any atom is -0.493 e.